The van der Waals surface area contributed by atoms with E-state index in [2.05, 4.69) is 9.62 Å². The molecule has 0 saturated carbocycles. The number of nitrogens with zero attached hydrogens (tertiary/aromatic N) is 1. The summed E-state index contributed by atoms with van der Waals surface area (Å²) in [6.45, 7) is 4.58. The third-order valence-corrected chi connectivity index (χ3v) is 6.45. The van der Waals surface area contributed by atoms with Crippen molar-refractivity contribution in [3.05, 3.63) is 29.3 Å². The molecule has 2 N–H and O–H groups in total. The van der Waals surface area contributed by atoms with Crippen LogP contribution in [-0.4, -0.2) is 44.1 Å². The average Bonchev–Trinajstić information content (AvgIpc) is 2.48. The zero-order valence-corrected chi connectivity index (χ0v) is 13.1. The quantitative estimate of drug-likeness (QED) is 0.865. The molecular weight excluding hydrogens is 288 g/mol. The van der Waals surface area contributed by atoms with E-state index < -0.39 is 10.0 Å². The monoisotopic (exact) mass is 310 g/mol. The minimum Gasteiger partial charge on any atom is -0.392 e. The number of nitrogens with one attached hydrogen (secondary N) is 1. The average molecular weight is 310 g/mol. The van der Waals surface area contributed by atoms with Crippen LogP contribution in [0.15, 0.2) is 23.1 Å². The highest BCUT2D eigenvalue weighted by molar-refractivity contribution is 7.89. The summed E-state index contributed by atoms with van der Waals surface area (Å²) in [7, 11) is -3.53. The van der Waals surface area contributed by atoms with E-state index in [1.807, 2.05) is 0 Å². The SMILES string of the molecule is Cc1c(CO)cccc1S(=O)(=O)NC1CN2CCC1CC2. The van der Waals surface area contributed by atoms with E-state index in [9.17, 15) is 13.5 Å². The Hall–Kier alpha value is -0.950. The molecule has 0 radical (unpaired) electrons. The number of aliphatic hydroxyl groups is 1. The van der Waals surface area contributed by atoms with Gasteiger partial charge in [-0.05, 0) is 56.0 Å². The zero-order valence-electron chi connectivity index (χ0n) is 12.2. The smallest absolute Gasteiger partial charge is 0.241 e. The summed E-state index contributed by atoms with van der Waals surface area (Å²) in [4.78, 5) is 2.61. The van der Waals surface area contributed by atoms with Gasteiger partial charge in [0.2, 0.25) is 10.0 Å². The Morgan fingerprint density at radius 1 is 1.33 bits per heavy atom. The molecule has 1 aromatic carbocycles. The second kappa shape index (κ2) is 5.68. The van der Waals surface area contributed by atoms with Crippen molar-refractivity contribution < 1.29 is 13.5 Å². The Bertz CT molecular complexity index is 622. The van der Waals surface area contributed by atoms with Crippen LogP contribution in [0.4, 0.5) is 0 Å². The molecule has 3 aliphatic heterocycles. The fourth-order valence-corrected chi connectivity index (χ4v) is 5.07. The number of aliphatic hydroxyl groups excluding tert-OH is 1. The first-order valence-corrected chi connectivity index (χ1v) is 8.93. The molecule has 0 aromatic heterocycles. The molecule has 3 aliphatic rings. The van der Waals surface area contributed by atoms with Crippen molar-refractivity contribution in [2.24, 2.45) is 5.92 Å². The summed E-state index contributed by atoms with van der Waals surface area (Å²) in [6.07, 6.45) is 2.14. The summed E-state index contributed by atoms with van der Waals surface area (Å²) in [5.74, 6) is 0.450. The number of piperidine rings is 3. The highest BCUT2D eigenvalue weighted by Crippen LogP contribution is 2.29. The van der Waals surface area contributed by atoms with Gasteiger partial charge >= 0.3 is 0 Å². The van der Waals surface area contributed by atoms with Crippen LogP contribution in [0, 0.1) is 12.8 Å². The maximum absolute atomic E-state index is 12.7. The lowest BCUT2D eigenvalue weighted by Crippen LogP contribution is -2.57. The van der Waals surface area contributed by atoms with Crippen LogP contribution in [0.3, 0.4) is 0 Å². The lowest BCUT2D eigenvalue weighted by atomic mass is 9.85. The van der Waals surface area contributed by atoms with Gasteiger partial charge in [0, 0.05) is 12.6 Å². The van der Waals surface area contributed by atoms with E-state index >= 15 is 0 Å². The molecule has 21 heavy (non-hydrogen) atoms. The number of rotatable bonds is 4. The predicted molar refractivity (Wildman–Crippen MR) is 80.4 cm³/mol. The standard InChI is InChI=1S/C15H22N2O3S/c1-11-13(10-18)3-2-4-15(11)21(19,20)16-14-9-17-7-5-12(14)6-8-17/h2-4,12,14,16,18H,5-10H2,1H3. The summed E-state index contributed by atoms with van der Waals surface area (Å²) in [5.41, 5.74) is 1.29. The molecule has 3 saturated heterocycles. The highest BCUT2D eigenvalue weighted by Gasteiger charge is 2.36. The maximum atomic E-state index is 12.7. The largest absolute Gasteiger partial charge is 0.392 e. The fourth-order valence-electron chi connectivity index (χ4n) is 3.48. The van der Waals surface area contributed by atoms with E-state index in [-0.39, 0.29) is 17.5 Å². The topological polar surface area (TPSA) is 69.6 Å². The van der Waals surface area contributed by atoms with Crippen LogP contribution in [0.1, 0.15) is 24.0 Å². The van der Waals surface area contributed by atoms with Crippen LogP contribution < -0.4 is 4.72 Å². The van der Waals surface area contributed by atoms with Gasteiger partial charge in [-0.25, -0.2) is 13.1 Å². The zero-order chi connectivity index (χ0) is 15.0. The first kappa shape index (κ1) is 15.0. The van der Waals surface area contributed by atoms with Crippen LogP contribution in [-0.2, 0) is 16.6 Å². The van der Waals surface area contributed by atoms with Gasteiger partial charge in [0.15, 0.2) is 0 Å². The molecule has 116 valence electrons. The van der Waals surface area contributed by atoms with Crippen LogP contribution in [0.2, 0.25) is 0 Å². The number of fused-ring (bicyclic) bond motifs is 3. The number of sulfonamides is 1. The van der Waals surface area contributed by atoms with Crippen LogP contribution >= 0.6 is 0 Å². The molecule has 0 amide bonds. The molecule has 1 unspecified atom stereocenters. The second-order valence-electron chi connectivity index (χ2n) is 6.06. The second-order valence-corrected chi connectivity index (χ2v) is 7.75. The fraction of sp³-hybridized carbons (Fsp3) is 0.600. The number of hydrogen-bond acceptors (Lipinski definition) is 4. The van der Waals surface area contributed by atoms with Gasteiger partial charge in [0.1, 0.15) is 0 Å². The molecule has 4 rings (SSSR count). The predicted octanol–water partition coefficient (Wildman–Crippen LogP) is 0.860. The first-order chi connectivity index (χ1) is 10.0. The normalized spacial score (nSPS) is 28.8. The van der Waals surface area contributed by atoms with Gasteiger partial charge in [-0.3, -0.25) is 0 Å². The molecule has 5 nitrogen and oxygen atoms in total. The summed E-state index contributed by atoms with van der Waals surface area (Å²) in [6, 6.07) is 5.06. The van der Waals surface area contributed by atoms with E-state index in [1.165, 1.54) is 0 Å². The first-order valence-electron chi connectivity index (χ1n) is 7.45. The summed E-state index contributed by atoms with van der Waals surface area (Å²) >= 11 is 0. The highest BCUT2D eigenvalue weighted by atomic mass is 32.2. The number of hydrogen-bond donors (Lipinski definition) is 2. The molecule has 6 heteroatoms. The van der Waals surface area contributed by atoms with Gasteiger partial charge in [-0.1, -0.05) is 12.1 Å². The molecule has 3 fully saturated rings. The van der Waals surface area contributed by atoms with Crippen molar-refractivity contribution in [3.63, 3.8) is 0 Å². The van der Waals surface area contributed by atoms with Crippen molar-refractivity contribution in [3.8, 4) is 0 Å². The van der Waals surface area contributed by atoms with Crippen LogP contribution in [0.5, 0.6) is 0 Å². The van der Waals surface area contributed by atoms with Crippen LogP contribution in [0.25, 0.3) is 0 Å². The van der Waals surface area contributed by atoms with E-state index in [0.717, 1.165) is 32.5 Å². The van der Waals surface area contributed by atoms with E-state index in [4.69, 9.17) is 0 Å². The van der Waals surface area contributed by atoms with E-state index in [0.29, 0.717) is 17.0 Å². The van der Waals surface area contributed by atoms with Gasteiger partial charge < -0.3 is 10.0 Å². The van der Waals surface area contributed by atoms with Crippen molar-refractivity contribution in [2.45, 2.75) is 37.3 Å². The molecular formula is C15H22N2O3S. The number of benzene rings is 1. The van der Waals surface area contributed by atoms with Gasteiger partial charge in [0.05, 0.1) is 11.5 Å². The van der Waals surface area contributed by atoms with Gasteiger partial charge in [0.25, 0.3) is 0 Å². The van der Waals surface area contributed by atoms with E-state index in [1.54, 1.807) is 25.1 Å². The Morgan fingerprint density at radius 3 is 2.62 bits per heavy atom. The molecule has 3 heterocycles. The summed E-state index contributed by atoms with van der Waals surface area (Å²) in [5, 5.41) is 9.29. The van der Waals surface area contributed by atoms with Crippen molar-refractivity contribution in [1.82, 2.24) is 9.62 Å². The molecule has 2 bridgehead atoms. The lowest BCUT2D eigenvalue weighted by molar-refractivity contribution is 0.0827. The third-order valence-electron chi connectivity index (χ3n) is 4.82. The molecule has 1 atom stereocenters. The molecule has 1 aromatic rings. The minimum atomic E-state index is -3.53. The van der Waals surface area contributed by atoms with Crippen molar-refractivity contribution in [1.29, 1.82) is 0 Å². The van der Waals surface area contributed by atoms with Crippen molar-refractivity contribution in [2.75, 3.05) is 19.6 Å². The third kappa shape index (κ3) is 2.85. The summed E-state index contributed by atoms with van der Waals surface area (Å²) < 4.78 is 28.2. The van der Waals surface area contributed by atoms with Crippen molar-refractivity contribution >= 4 is 10.0 Å². The minimum absolute atomic E-state index is 0.00897. The van der Waals surface area contributed by atoms with Gasteiger partial charge in [-0.15, -0.1) is 0 Å². The molecule has 0 aliphatic carbocycles. The Labute approximate surface area is 126 Å². The lowest BCUT2D eigenvalue weighted by Gasteiger charge is -2.44. The Balaban J connectivity index is 1.84. The Morgan fingerprint density at radius 2 is 2.05 bits per heavy atom. The molecule has 0 spiro atoms. The van der Waals surface area contributed by atoms with Gasteiger partial charge in [-0.2, -0.15) is 0 Å². The Kier molecular flexibility index (Phi) is 4.05. The maximum Gasteiger partial charge on any atom is 0.241 e.